The molecule has 0 saturated heterocycles. The van der Waals surface area contributed by atoms with Gasteiger partial charge in [-0.25, -0.2) is 0 Å². The van der Waals surface area contributed by atoms with Gasteiger partial charge < -0.3 is 15.5 Å². The molecule has 19 heavy (non-hydrogen) atoms. The molecule has 0 aliphatic heterocycles. The quantitative estimate of drug-likeness (QED) is 0.788. The maximum absolute atomic E-state index is 9.85. The second kappa shape index (κ2) is 5.53. The second-order valence-corrected chi connectivity index (χ2v) is 5.38. The Morgan fingerprint density at radius 1 is 1.16 bits per heavy atom. The van der Waals surface area contributed by atoms with Crippen LogP contribution >= 0.6 is 15.9 Å². The minimum atomic E-state index is -0.0615. The number of anilines is 1. The van der Waals surface area contributed by atoms with E-state index in [1.807, 2.05) is 32.0 Å². The zero-order valence-electron chi connectivity index (χ0n) is 10.8. The number of phenols is 2. The van der Waals surface area contributed by atoms with Gasteiger partial charge in [0.25, 0.3) is 0 Å². The van der Waals surface area contributed by atoms with Crippen molar-refractivity contribution in [3.63, 3.8) is 0 Å². The molecule has 0 aliphatic carbocycles. The van der Waals surface area contributed by atoms with Crippen molar-refractivity contribution < 1.29 is 10.2 Å². The first-order valence-corrected chi connectivity index (χ1v) is 6.82. The third-order valence-corrected chi connectivity index (χ3v) is 3.98. The molecule has 4 heteroatoms. The molecule has 0 bridgehead atoms. The predicted octanol–water partition coefficient (Wildman–Crippen LogP) is 4.34. The smallest absolute Gasteiger partial charge is 0.124 e. The number of nitrogens with one attached hydrogen (secondary N) is 1. The molecule has 3 nitrogen and oxygen atoms in total. The van der Waals surface area contributed by atoms with E-state index in [4.69, 9.17) is 0 Å². The molecule has 2 aromatic rings. The Labute approximate surface area is 121 Å². The first kappa shape index (κ1) is 13.7. The first-order valence-electron chi connectivity index (χ1n) is 6.02. The van der Waals surface area contributed by atoms with Crippen molar-refractivity contribution in [2.45, 2.75) is 19.9 Å². The van der Waals surface area contributed by atoms with E-state index in [-0.39, 0.29) is 17.5 Å². The number of aromatic hydroxyl groups is 2. The maximum Gasteiger partial charge on any atom is 0.124 e. The number of benzene rings is 2. The van der Waals surface area contributed by atoms with Crippen LogP contribution in [-0.2, 0) is 0 Å². The van der Waals surface area contributed by atoms with Crippen molar-refractivity contribution in [3.05, 3.63) is 52.0 Å². The van der Waals surface area contributed by atoms with Crippen LogP contribution in [0.5, 0.6) is 11.5 Å². The van der Waals surface area contributed by atoms with E-state index < -0.39 is 0 Å². The minimum Gasteiger partial charge on any atom is -0.508 e. The largest absolute Gasteiger partial charge is 0.508 e. The summed E-state index contributed by atoms with van der Waals surface area (Å²) in [7, 11) is 0. The van der Waals surface area contributed by atoms with Gasteiger partial charge in [-0.3, -0.25) is 0 Å². The Balaban J connectivity index is 2.25. The van der Waals surface area contributed by atoms with E-state index in [0.717, 1.165) is 21.3 Å². The molecule has 2 aromatic carbocycles. The summed E-state index contributed by atoms with van der Waals surface area (Å²) in [5, 5.41) is 22.5. The maximum atomic E-state index is 9.85. The van der Waals surface area contributed by atoms with Gasteiger partial charge in [0.1, 0.15) is 11.5 Å². The van der Waals surface area contributed by atoms with Crippen LogP contribution in [0.2, 0.25) is 0 Å². The van der Waals surface area contributed by atoms with Gasteiger partial charge in [0.05, 0.1) is 6.04 Å². The number of hydrogen-bond acceptors (Lipinski definition) is 3. The molecule has 100 valence electrons. The fraction of sp³-hybridized carbons (Fsp3) is 0.200. The minimum absolute atomic E-state index is 0.0615. The normalized spacial score (nSPS) is 12.2. The van der Waals surface area contributed by atoms with E-state index in [1.54, 1.807) is 12.1 Å². The molecule has 0 saturated carbocycles. The van der Waals surface area contributed by atoms with Crippen molar-refractivity contribution in [3.8, 4) is 11.5 Å². The van der Waals surface area contributed by atoms with Crippen LogP contribution in [0.1, 0.15) is 24.1 Å². The average Bonchev–Trinajstić information content (AvgIpc) is 2.34. The monoisotopic (exact) mass is 321 g/mol. The summed E-state index contributed by atoms with van der Waals surface area (Å²) in [6.07, 6.45) is 0. The summed E-state index contributed by atoms with van der Waals surface area (Å²) in [5.41, 5.74) is 2.87. The van der Waals surface area contributed by atoms with Crippen LogP contribution in [0.3, 0.4) is 0 Å². The zero-order chi connectivity index (χ0) is 14.0. The van der Waals surface area contributed by atoms with Gasteiger partial charge in [0.2, 0.25) is 0 Å². The predicted molar refractivity (Wildman–Crippen MR) is 80.7 cm³/mol. The molecule has 0 spiro atoms. The van der Waals surface area contributed by atoms with Crippen LogP contribution in [0, 0.1) is 6.92 Å². The average molecular weight is 322 g/mol. The van der Waals surface area contributed by atoms with Crippen molar-refractivity contribution in [2.75, 3.05) is 5.32 Å². The number of rotatable bonds is 3. The molecular formula is C15H16BrNO2. The molecule has 0 fully saturated rings. The topological polar surface area (TPSA) is 52.5 Å². The van der Waals surface area contributed by atoms with Crippen LogP contribution in [0.25, 0.3) is 0 Å². The van der Waals surface area contributed by atoms with E-state index in [1.165, 1.54) is 6.07 Å². The van der Waals surface area contributed by atoms with Crippen LogP contribution in [0.4, 0.5) is 5.69 Å². The van der Waals surface area contributed by atoms with Gasteiger partial charge in [0, 0.05) is 21.8 Å². The Morgan fingerprint density at radius 3 is 2.58 bits per heavy atom. The molecule has 3 N–H and O–H groups in total. The lowest BCUT2D eigenvalue weighted by molar-refractivity contribution is 0.444. The number of halogens is 1. The Hall–Kier alpha value is -1.68. The van der Waals surface area contributed by atoms with Crippen molar-refractivity contribution in [2.24, 2.45) is 0 Å². The summed E-state index contributed by atoms with van der Waals surface area (Å²) in [6.45, 7) is 3.99. The second-order valence-electron chi connectivity index (χ2n) is 4.52. The zero-order valence-corrected chi connectivity index (χ0v) is 12.4. The highest BCUT2D eigenvalue weighted by atomic mass is 79.9. The van der Waals surface area contributed by atoms with Gasteiger partial charge in [-0.1, -0.05) is 22.0 Å². The van der Waals surface area contributed by atoms with Crippen LogP contribution < -0.4 is 5.32 Å². The van der Waals surface area contributed by atoms with E-state index in [2.05, 4.69) is 21.2 Å². The number of phenolic OH excluding ortho intramolecular Hbond substituents is 2. The van der Waals surface area contributed by atoms with Crippen molar-refractivity contribution in [1.82, 2.24) is 0 Å². The van der Waals surface area contributed by atoms with E-state index in [9.17, 15) is 10.2 Å². The summed E-state index contributed by atoms with van der Waals surface area (Å²) in [5.74, 6) is 0.153. The molecule has 0 heterocycles. The lowest BCUT2D eigenvalue weighted by Gasteiger charge is -2.19. The van der Waals surface area contributed by atoms with E-state index >= 15 is 0 Å². The lowest BCUT2D eigenvalue weighted by atomic mass is 10.1. The standard InChI is InChI=1S/C15H16BrNO2/c1-9-13(16)4-3-5-14(9)17-10(2)12-7-6-11(18)8-15(12)19/h3-8,10,17-19H,1-2H3. The number of hydrogen-bond donors (Lipinski definition) is 3. The van der Waals surface area contributed by atoms with Gasteiger partial charge in [-0.2, -0.15) is 0 Å². The van der Waals surface area contributed by atoms with Crippen LogP contribution in [-0.4, -0.2) is 10.2 Å². The summed E-state index contributed by atoms with van der Waals surface area (Å²) >= 11 is 3.49. The summed E-state index contributed by atoms with van der Waals surface area (Å²) in [4.78, 5) is 0. The highest BCUT2D eigenvalue weighted by molar-refractivity contribution is 9.10. The van der Waals surface area contributed by atoms with Gasteiger partial charge in [-0.05, 0) is 43.7 Å². The molecule has 0 aliphatic rings. The molecule has 0 radical (unpaired) electrons. The first-order chi connectivity index (χ1) is 8.99. The summed E-state index contributed by atoms with van der Waals surface area (Å²) < 4.78 is 1.04. The third kappa shape index (κ3) is 3.01. The SMILES string of the molecule is Cc1c(Br)cccc1NC(C)c1ccc(O)cc1O. The van der Waals surface area contributed by atoms with Crippen molar-refractivity contribution >= 4 is 21.6 Å². The lowest BCUT2D eigenvalue weighted by Crippen LogP contribution is -2.08. The Morgan fingerprint density at radius 2 is 1.89 bits per heavy atom. The third-order valence-electron chi connectivity index (χ3n) is 3.12. The Bertz CT molecular complexity index is 599. The van der Waals surface area contributed by atoms with Gasteiger partial charge in [0.15, 0.2) is 0 Å². The molecule has 2 rings (SSSR count). The van der Waals surface area contributed by atoms with E-state index in [0.29, 0.717) is 0 Å². The molecule has 1 atom stereocenters. The molecule has 0 aromatic heterocycles. The van der Waals surface area contributed by atoms with Gasteiger partial charge in [-0.15, -0.1) is 0 Å². The fourth-order valence-electron chi connectivity index (χ4n) is 1.97. The fourth-order valence-corrected chi connectivity index (χ4v) is 2.34. The van der Waals surface area contributed by atoms with Crippen LogP contribution in [0.15, 0.2) is 40.9 Å². The van der Waals surface area contributed by atoms with Crippen molar-refractivity contribution in [1.29, 1.82) is 0 Å². The Kier molecular flexibility index (Phi) is 4.00. The molecule has 0 amide bonds. The molecule has 1 unspecified atom stereocenters. The van der Waals surface area contributed by atoms with Gasteiger partial charge >= 0.3 is 0 Å². The highest BCUT2D eigenvalue weighted by Gasteiger charge is 2.12. The summed E-state index contributed by atoms with van der Waals surface area (Å²) in [6, 6.07) is 10.5. The molecular weight excluding hydrogens is 306 g/mol. The highest BCUT2D eigenvalue weighted by Crippen LogP contribution is 2.32.